The average Bonchev–Trinajstić information content (AvgIpc) is 2.85. The number of halogens is 1. The second-order valence-electron chi connectivity index (χ2n) is 6.06. The van der Waals surface area contributed by atoms with Crippen LogP contribution >= 0.6 is 15.9 Å². The Bertz CT molecular complexity index is 602. The summed E-state index contributed by atoms with van der Waals surface area (Å²) in [6.45, 7) is 8.13. The van der Waals surface area contributed by atoms with Crippen LogP contribution < -0.4 is 5.32 Å². The van der Waals surface area contributed by atoms with Crippen LogP contribution in [0.1, 0.15) is 32.8 Å². The van der Waals surface area contributed by atoms with Crippen molar-refractivity contribution in [3.05, 3.63) is 28.2 Å². The van der Waals surface area contributed by atoms with Crippen LogP contribution in [0.2, 0.25) is 0 Å². The van der Waals surface area contributed by atoms with Gasteiger partial charge >= 0.3 is 0 Å². The summed E-state index contributed by atoms with van der Waals surface area (Å²) >= 11 is 3.38. The van der Waals surface area contributed by atoms with Crippen LogP contribution in [0.25, 0.3) is 0 Å². The highest BCUT2D eigenvalue weighted by molar-refractivity contribution is 9.10. The molecule has 0 amide bonds. The lowest BCUT2D eigenvalue weighted by Crippen LogP contribution is -2.29. The Morgan fingerprint density at radius 2 is 2.14 bits per heavy atom. The summed E-state index contributed by atoms with van der Waals surface area (Å²) < 4.78 is 27.8. The minimum atomic E-state index is -3.40. The van der Waals surface area contributed by atoms with E-state index in [1.807, 2.05) is 12.1 Å². The predicted molar refractivity (Wildman–Crippen MR) is 88.7 cm³/mol. The van der Waals surface area contributed by atoms with Gasteiger partial charge in [-0.1, -0.05) is 26.8 Å². The maximum Gasteiger partial charge on any atom is 0.244 e. The number of hydrogen-bond donors (Lipinski definition) is 1. The summed E-state index contributed by atoms with van der Waals surface area (Å²) in [4.78, 5) is 0.375. The van der Waals surface area contributed by atoms with Crippen LogP contribution in [0.5, 0.6) is 0 Å². The van der Waals surface area contributed by atoms with E-state index in [1.165, 1.54) is 0 Å². The zero-order valence-corrected chi connectivity index (χ0v) is 15.2. The molecule has 0 saturated carbocycles. The van der Waals surface area contributed by atoms with Gasteiger partial charge in [-0.2, -0.15) is 4.31 Å². The Morgan fingerprint density at radius 1 is 1.43 bits per heavy atom. The second-order valence-corrected chi connectivity index (χ2v) is 8.82. The SMILES string of the molecule is CC1CCN(S(=O)(=O)c2cc(CNC(C)C)ccc2Br)C1. The molecule has 1 aromatic carbocycles. The number of nitrogens with zero attached hydrogens (tertiary/aromatic N) is 1. The summed E-state index contributed by atoms with van der Waals surface area (Å²) in [6.07, 6.45) is 0.936. The molecule has 1 N–H and O–H groups in total. The van der Waals surface area contributed by atoms with Gasteiger partial charge in [-0.05, 0) is 46.0 Å². The van der Waals surface area contributed by atoms with Crippen molar-refractivity contribution in [2.24, 2.45) is 5.92 Å². The van der Waals surface area contributed by atoms with Gasteiger partial charge in [-0.15, -0.1) is 0 Å². The van der Waals surface area contributed by atoms with Gasteiger partial charge in [-0.25, -0.2) is 8.42 Å². The van der Waals surface area contributed by atoms with Crippen LogP contribution in [-0.2, 0) is 16.6 Å². The molecule has 1 saturated heterocycles. The van der Waals surface area contributed by atoms with Crippen molar-refractivity contribution in [1.82, 2.24) is 9.62 Å². The molecule has 1 atom stereocenters. The predicted octanol–water partition coefficient (Wildman–Crippen LogP) is 2.98. The quantitative estimate of drug-likeness (QED) is 0.861. The average molecular weight is 375 g/mol. The highest BCUT2D eigenvalue weighted by Gasteiger charge is 2.32. The number of benzene rings is 1. The number of hydrogen-bond acceptors (Lipinski definition) is 3. The maximum absolute atomic E-state index is 12.8. The molecule has 1 aliphatic rings. The molecule has 1 heterocycles. The van der Waals surface area contributed by atoms with E-state index in [1.54, 1.807) is 10.4 Å². The first-order valence-electron chi connectivity index (χ1n) is 7.32. The first-order chi connectivity index (χ1) is 9.80. The van der Waals surface area contributed by atoms with E-state index in [-0.39, 0.29) is 0 Å². The lowest BCUT2D eigenvalue weighted by atomic mass is 10.2. The normalized spacial score (nSPS) is 20.3. The number of nitrogens with one attached hydrogen (secondary N) is 1. The van der Waals surface area contributed by atoms with E-state index < -0.39 is 10.0 Å². The molecular formula is C15H23BrN2O2S. The topological polar surface area (TPSA) is 49.4 Å². The minimum absolute atomic E-state index is 0.369. The summed E-state index contributed by atoms with van der Waals surface area (Å²) in [7, 11) is -3.40. The van der Waals surface area contributed by atoms with E-state index in [9.17, 15) is 8.42 Å². The highest BCUT2D eigenvalue weighted by Crippen LogP contribution is 2.29. The van der Waals surface area contributed by atoms with E-state index in [2.05, 4.69) is 42.0 Å². The molecule has 1 aromatic rings. The zero-order valence-electron chi connectivity index (χ0n) is 12.8. The van der Waals surface area contributed by atoms with Gasteiger partial charge in [0.1, 0.15) is 0 Å². The zero-order chi connectivity index (χ0) is 15.6. The van der Waals surface area contributed by atoms with Crippen molar-refractivity contribution in [3.8, 4) is 0 Å². The Balaban J connectivity index is 2.27. The van der Waals surface area contributed by atoms with Gasteiger partial charge in [0.15, 0.2) is 0 Å². The largest absolute Gasteiger partial charge is 0.310 e. The molecule has 0 spiro atoms. The summed E-state index contributed by atoms with van der Waals surface area (Å²) in [5.74, 6) is 0.435. The Hall–Kier alpha value is -0.430. The maximum atomic E-state index is 12.8. The monoisotopic (exact) mass is 374 g/mol. The Morgan fingerprint density at radius 3 is 2.71 bits per heavy atom. The molecule has 0 aromatic heterocycles. The first-order valence-corrected chi connectivity index (χ1v) is 9.56. The third-order valence-electron chi connectivity index (χ3n) is 3.71. The first kappa shape index (κ1) is 16.9. The molecule has 21 heavy (non-hydrogen) atoms. The van der Waals surface area contributed by atoms with Crippen LogP contribution in [0.15, 0.2) is 27.6 Å². The molecule has 0 bridgehead atoms. The third kappa shape index (κ3) is 4.06. The molecule has 1 unspecified atom stereocenters. The second kappa shape index (κ2) is 6.77. The molecule has 4 nitrogen and oxygen atoms in total. The van der Waals surface area contributed by atoms with E-state index in [0.29, 0.717) is 41.0 Å². The van der Waals surface area contributed by atoms with Crippen molar-refractivity contribution >= 4 is 26.0 Å². The van der Waals surface area contributed by atoms with Crippen molar-refractivity contribution in [3.63, 3.8) is 0 Å². The summed E-state index contributed by atoms with van der Waals surface area (Å²) in [5.41, 5.74) is 0.984. The van der Waals surface area contributed by atoms with E-state index in [0.717, 1.165) is 12.0 Å². The lowest BCUT2D eigenvalue weighted by Gasteiger charge is -2.18. The van der Waals surface area contributed by atoms with Crippen LogP contribution in [-0.4, -0.2) is 31.9 Å². The van der Waals surface area contributed by atoms with Crippen molar-refractivity contribution in [2.75, 3.05) is 13.1 Å². The van der Waals surface area contributed by atoms with Gasteiger partial charge in [-0.3, -0.25) is 0 Å². The molecule has 0 aliphatic carbocycles. The molecular weight excluding hydrogens is 352 g/mol. The lowest BCUT2D eigenvalue weighted by molar-refractivity contribution is 0.464. The van der Waals surface area contributed by atoms with Crippen molar-refractivity contribution < 1.29 is 8.42 Å². The fraction of sp³-hybridized carbons (Fsp3) is 0.600. The molecule has 0 radical (unpaired) electrons. The van der Waals surface area contributed by atoms with Gasteiger partial charge < -0.3 is 5.32 Å². The highest BCUT2D eigenvalue weighted by atomic mass is 79.9. The van der Waals surface area contributed by atoms with Gasteiger partial charge in [0.2, 0.25) is 10.0 Å². The van der Waals surface area contributed by atoms with Crippen LogP contribution in [0.4, 0.5) is 0 Å². The fourth-order valence-corrected chi connectivity index (χ4v) is 4.98. The van der Waals surface area contributed by atoms with Crippen LogP contribution in [0.3, 0.4) is 0 Å². The van der Waals surface area contributed by atoms with Crippen LogP contribution in [0, 0.1) is 5.92 Å². The number of rotatable bonds is 5. The minimum Gasteiger partial charge on any atom is -0.310 e. The standard InChI is InChI=1S/C15H23BrN2O2S/c1-11(2)17-9-13-4-5-14(16)15(8-13)21(19,20)18-7-6-12(3)10-18/h4-5,8,11-12,17H,6-7,9-10H2,1-3H3. The molecule has 6 heteroatoms. The van der Waals surface area contributed by atoms with Gasteiger partial charge in [0.05, 0.1) is 4.90 Å². The molecule has 1 aliphatic heterocycles. The Labute approximate surface area is 136 Å². The van der Waals surface area contributed by atoms with Crippen molar-refractivity contribution in [1.29, 1.82) is 0 Å². The van der Waals surface area contributed by atoms with Gasteiger partial charge in [0.25, 0.3) is 0 Å². The number of sulfonamides is 1. The fourth-order valence-electron chi connectivity index (χ4n) is 2.43. The molecule has 118 valence electrons. The summed E-state index contributed by atoms with van der Waals surface area (Å²) in [6, 6.07) is 5.92. The van der Waals surface area contributed by atoms with Crippen molar-refractivity contribution in [2.45, 2.75) is 44.7 Å². The Kier molecular flexibility index (Phi) is 5.46. The molecule has 2 rings (SSSR count). The summed E-state index contributed by atoms with van der Waals surface area (Å²) in [5, 5.41) is 3.31. The van der Waals surface area contributed by atoms with E-state index >= 15 is 0 Å². The molecule has 1 fully saturated rings. The smallest absolute Gasteiger partial charge is 0.244 e. The van der Waals surface area contributed by atoms with E-state index in [4.69, 9.17) is 0 Å². The third-order valence-corrected chi connectivity index (χ3v) is 6.57. The van der Waals surface area contributed by atoms with Gasteiger partial charge in [0, 0.05) is 30.1 Å².